The highest BCUT2D eigenvalue weighted by Crippen LogP contribution is 2.03. The van der Waals surface area contributed by atoms with E-state index >= 15 is 0 Å². The third kappa shape index (κ3) is 3.04. The summed E-state index contributed by atoms with van der Waals surface area (Å²) in [5, 5.41) is 8.62. The zero-order chi connectivity index (χ0) is 13.0. The van der Waals surface area contributed by atoms with Gasteiger partial charge in [-0.05, 0) is 5.56 Å². The van der Waals surface area contributed by atoms with Crippen molar-refractivity contribution in [3.63, 3.8) is 0 Å². The summed E-state index contributed by atoms with van der Waals surface area (Å²) in [6, 6.07) is 9.60. The lowest BCUT2D eigenvalue weighted by Crippen LogP contribution is -2.19. The van der Waals surface area contributed by atoms with Gasteiger partial charge in [-0.2, -0.15) is 0 Å². The number of rotatable bonds is 4. The molecule has 18 heavy (non-hydrogen) atoms. The minimum absolute atomic E-state index is 0.166. The lowest BCUT2D eigenvalue weighted by atomic mass is 10.1. The highest BCUT2D eigenvalue weighted by atomic mass is 16.4. The van der Waals surface area contributed by atoms with E-state index in [1.54, 1.807) is 0 Å². The van der Waals surface area contributed by atoms with Crippen LogP contribution in [0, 0.1) is 0 Å². The Labute approximate surface area is 103 Å². The van der Waals surface area contributed by atoms with Crippen LogP contribution in [-0.2, 0) is 17.6 Å². The fourth-order valence-corrected chi connectivity index (χ4v) is 1.63. The van der Waals surface area contributed by atoms with Gasteiger partial charge in [0, 0.05) is 18.2 Å². The van der Waals surface area contributed by atoms with Crippen molar-refractivity contribution in [1.82, 2.24) is 9.97 Å². The number of aliphatic carboxylic acids is 1. The molecule has 2 aromatic rings. The molecule has 1 aromatic carbocycles. The Hall–Kier alpha value is -2.43. The normalized spacial score (nSPS) is 10.2. The second-order valence-corrected chi connectivity index (χ2v) is 3.92. The van der Waals surface area contributed by atoms with Crippen LogP contribution >= 0.6 is 0 Å². The predicted octanol–water partition coefficient (Wildman–Crippen LogP) is 0.988. The lowest BCUT2D eigenvalue weighted by Gasteiger charge is -2.02. The standard InChI is InChI=1S/C13H12N2O3/c16-12(17)7-10-8-14-11(15-13(10)18)6-9-4-2-1-3-5-9/h1-5,8H,6-7H2,(H,16,17)(H,14,15,18). The number of carboxylic acids is 1. The van der Waals surface area contributed by atoms with Crippen LogP contribution in [0.25, 0.3) is 0 Å². The molecule has 5 heteroatoms. The van der Waals surface area contributed by atoms with Gasteiger partial charge in [0.1, 0.15) is 5.82 Å². The Bertz CT molecular complexity index is 605. The highest BCUT2D eigenvalue weighted by molar-refractivity contribution is 5.69. The van der Waals surface area contributed by atoms with E-state index in [9.17, 15) is 9.59 Å². The molecular formula is C13H12N2O3. The molecule has 5 nitrogen and oxygen atoms in total. The number of hydrogen-bond acceptors (Lipinski definition) is 3. The van der Waals surface area contributed by atoms with Crippen molar-refractivity contribution in [1.29, 1.82) is 0 Å². The Morgan fingerprint density at radius 2 is 2.00 bits per heavy atom. The van der Waals surface area contributed by atoms with Gasteiger partial charge >= 0.3 is 5.97 Å². The fourth-order valence-electron chi connectivity index (χ4n) is 1.63. The van der Waals surface area contributed by atoms with E-state index in [4.69, 9.17) is 5.11 Å². The summed E-state index contributed by atoms with van der Waals surface area (Å²) < 4.78 is 0. The van der Waals surface area contributed by atoms with Crippen molar-refractivity contribution in [2.24, 2.45) is 0 Å². The molecule has 0 saturated heterocycles. The largest absolute Gasteiger partial charge is 0.481 e. The smallest absolute Gasteiger partial charge is 0.308 e. The van der Waals surface area contributed by atoms with Crippen molar-refractivity contribution < 1.29 is 9.90 Å². The number of carboxylic acid groups (broad SMARTS) is 1. The number of nitrogens with one attached hydrogen (secondary N) is 1. The Balaban J connectivity index is 2.19. The van der Waals surface area contributed by atoms with Gasteiger partial charge < -0.3 is 10.1 Å². The van der Waals surface area contributed by atoms with Crippen LogP contribution in [0.1, 0.15) is 17.0 Å². The molecule has 0 aliphatic heterocycles. The first-order valence-corrected chi connectivity index (χ1v) is 5.48. The van der Waals surface area contributed by atoms with Crippen molar-refractivity contribution in [2.45, 2.75) is 12.8 Å². The maximum absolute atomic E-state index is 11.6. The fraction of sp³-hybridized carbons (Fsp3) is 0.154. The van der Waals surface area contributed by atoms with Crippen LogP contribution in [0.5, 0.6) is 0 Å². The van der Waals surface area contributed by atoms with Crippen LogP contribution in [0.2, 0.25) is 0 Å². The number of carbonyl (C=O) groups is 1. The quantitative estimate of drug-likeness (QED) is 0.840. The molecule has 0 atom stereocenters. The highest BCUT2D eigenvalue weighted by Gasteiger charge is 2.07. The van der Waals surface area contributed by atoms with Crippen molar-refractivity contribution >= 4 is 5.97 Å². The molecular weight excluding hydrogens is 232 g/mol. The second kappa shape index (κ2) is 5.27. The van der Waals surface area contributed by atoms with Crippen LogP contribution in [-0.4, -0.2) is 21.0 Å². The van der Waals surface area contributed by atoms with Gasteiger partial charge in [-0.25, -0.2) is 4.98 Å². The molecule has 1 heterocycles. The zero-order valence-corrected chi connectivity index (χ0v) is 9.59. The molecule has 2 N–H and O–H groups in total. The summed E-state index contributed by atoms with van der Waals surface area (Å²) in [5.41, 5.74) is 0.810. The third-order valence-electron chi connectivity index (χ3n) is 2.48. The number of aromatic nitrogens is 2. The van der Waals surface area contributed by atoms with Crippen molar-refractivity contribution in [2.75, 3.05) is 0 Å². The molecule has 0 amide bonds. The molecule has 0 radical (unpaired) electrons. The topological polar surface area (TPSA) is 83.0 Å². The monoisotopic (exact) mass is 244 g/mol. The van der Waals surface area contributed by atoms with Gasteiger partial charge in [-0.15, -0.1) is 0 Å². The van der Waals surface area contributed by atoms with Gasteiger partial charge in [0.15, 0.2) is 0 Å². The van der Waals surface area contributed by atoms with E-state index in [1.807, 2.05) is 30.3 Å². The molecule has 2 rings (SSSR count). The summed E-state index contributed by atoms with van der Waals surface area (Å²) in [6.45, 7) is 0. The maximum Gasteiger partial charge on any atom is 0.308 e. The first-order valence-electron chi connectivity index (χ1n) is 5.48. The maximum atomic E-state index is 11.6. The minimum atomic E-state index is -1.04. The van der Waals surface area contributed by atoms with Crippen LogP contribution < -0.4 is 5.56 Å². The number of nitrogens with zero attached hydrogens (tertiary/aromatic N) is 1. The van der Waals surface area contributed by atoms with E-state index in [0.29, 0.717) is 12.2 Å². The van der Waals surface area contributed by atoms with Gasteiger partial charge in [-0.3, -0.25) is 9.59 Å². The number of aromatic amines is 1. The first kappa shape index (κ1) is 12.0. The number of hydrogen-bond donors (Lipinski definition) is 2. The van der Waals surface area contributed by atoms with Gasteiger partial charge in [0.25, 0.3) is 5.56 Å². The van der Waals surface area contributed by atoms with Gasteiger partial charge in [-0.1, -0.05) is 30.3 Å². The van der Waals surface area contributed by atoms with Gasteiger partial charge in [0.05, 0.1) is 6.42 Å². The molecule has 1 aromatic heterocycles. The van der Waals surface area contributed by atoms with Gasteiger partial charge in [0.2, 0.25) is 0 Å². The van der Waals surface area contributed by atoms with E-state index in [1.165, 1.54) is 6.20 Å². The van der Waals surface area contributed by atoms with Crippen LogP contribution in [0.3, 0.4) is 0 Å². The number of benzene rings is 1. The van der Waals surface area contributed by atoms with Crippen LogP contribution in [0.15, 0.2) is 41.3 Å². The minimum Gasteiger partial charge on any atom is -0.481 e. The molecule has 0 aliphatic rings. The summed E-state index contributed by atoms with van der Waals surface area (Å²) >= 11 is 0. The lowest BCUT2D eigenvalue weighted by molar-refractivity contribution is -0.136. The second-order valence-electron chi connectivity index (χ2n) is 3.92. The summed E-state index contributed by atoms with van der Waals surface area (Å²) in [7, 11) is 0. The summed E-state index contributed by atoms with van der Waals surface area (Å²) in [5.74, 6) is -0.515. The summed E-state index contributed by atoms with van der Waals surface area (Å²) in [4.78, 5) is 28.8. The molecule has 0 bridgehead atoms. The zero-order valence-electron chi connectivity index (χ0n) is 9.59. The molecule has 0 spiro atoms. The first-order chi connectivity index (χ1) is 8.65. The third-order valence-corrected chi connectivity index (χ3v) is 2.48. The van der Waals surface area contributed by atoms with Crippen molar-refractivity contribution in [3.05, 3.63) is 63.8 Å². The average molecular weight is 244 g/mol. The summed E-state index contributed by atoms with van der Waals surface area (Å²) in [6.07, 6.45) is 1.53. The predicted molar refractivity (Wildman–Crippen MR) is 65.4 cm³/mol. The van der Waals surface area contributed by atoms with Crippen molar-refractivity contribution in [3.8, 4) is 0 Å². The molecule has 92 valence electrons. The Kier molecular flexibility index (Phi) is 3.52. The van der Waals surface area contributed by atoms with Crippen LogP contribution in [0.4, 0.5) is 0 Å². The van der Waals surface area contributed by atoms with E-state index in [-0.39, 0.29) is 12.0 Å². The Morgan fingerprint density at radius 1 is 1.28 bits per heavy atom. The molecule has 0 fully saturated rings. The van der Waals surface area contributed by atoms with E-state index in [2.05, 4.69) is 9.97 Å². The molecule has 0 unspecified atom stereocenters. The number of H-pyrrole nitrogens is 1. The van der Waals surface area contributed by atoms with E-state index < -0.39 is 11.5 Å². The Morgan fingerprint density at radius 3 is 2.61 bits per heavy atom. The molecule has 0 saturated carbocycles. The van der Waals surface area contributed by atoms with E-state index in [0.717, 1.165) is 5.56 Å². The SMILES string of the molecule is O=C(O)Cc1cnc(Cc2ccccc2)[nH]c1=O. The molecule has 0 aliphatic carbocycles. The average Bonchev–Trinajstić information content (AvgIpc) is 2.33.